The Morgan fingerprint density at radius 2 is 2.31 bits per heavy atom. The van der Waals surface area contributed by atoms with Crippen LogP contribution in [0.25, 0.3) is 0 Å². The van der Waals surface area contributed by atoms with Gasteiger partial charge in [-0.05, 0) is 31.0 Å². The number of hydrogen-bond acceptors (Lipinski definition) is 2. The summed E-state index contributed by atoms with van der Waals surface area (Å²) in [4.78, 5) is 15.7. The number of rotatable bonds is 3. The minimum absolute atomic E-state index is 0.0781. The predicted molar refractivity (Wildman–Crippen MR) is 52.8 cm³/mol. The van der Waals surface area contributed by atoms with Gasteiger partial charge in [0.1, 0.15) is 5.69 Å². The van der Waals surface area contributed by atoms with E-state index in [4.69, 9.17) is 0 Å². The van der Waals surface area contributed by atoms with E-state index >= 15 is 0 Å². The Hall–Kier alpha value is -1.18. The maximum Gasteiger partial charge on any atom is 0.183 e. The summed E-state index contributed by atoms with van der Waals surface area (Å²) in [7, 11) is 0. The summed E-state index contributed by atoms with van der Waals surface area (Å²) in [5, 5.41) is 0. The fraction of sp³-hybridized carbons (Fsp3) is 0.455. The Labute approximate surface area is 79.0 Å². The first-order valence-corrected chi connectivity index (χ1v) is 4.62. The van der Waals surface area contributed by atoms with Crippen molar-refractivity contribution in [2.24, 2.45) is 5.92 Å². The van der Waals surface area contributed by atoms with E-state index in [1.54, 1.807) is 6.20 Å². The van der Waals surface area contributed by atoms with Crippen molar-refractivity contribution in [2.45, 2.75) is 27.2 Å². The minimum Gasteiger partial charge on any atom is -0.292 e. The van der Waals surface area contributed by atoms with E-state index in [9.17, 15) is 4.79 Å². The van der Waals surface area contributed by atoms with Gasteiger partial charge in [0.05, 0.1) is 0 Å². The first-order chi connectivity index (χ1) is 6.15. The zero-order chi connectivity index (χ0) is 9.84. The molecule has 2 nitrogen and oxygen atoms in total. The standard InChI is InChI=1S/C11H15NO/c1-4-9(3)11(13)10-7-8(2)5-6-12-10/h5-7,9H,4H2,1-3H3. The molecular formula is C11H15NO. The Kier molecular flexibility index (Phi) is 3.18. The van der Waals surface area contributed by atoms with Crippen molar-refractivity contribution < 1.29 is 4.79 Å². The molecule has 0 saturated carbocycles. The summed E-state index contributed by atoms with van der Waals surface area (Å²) in [6, 6.07) is 3.74. The Bertz CT molecular complexity index is 307. The van der Waals surface area contributed by atoms with E-state index in [2.05, 4.69) is 4.98 Å². The molecule has 1 aromatic heterocycles. The largest absolute Gasteiger partial charge is 0.292 e. The van der Waals surface area contributed by atoms with Gasteiger partial charge in [0.15, 0.2) is 5.78 Å². The van der Waals surface area contributed by atoms with Crippen LogP contribution in [0.5, 0.6) is 0 Å². The quantitative estimate of drug-likeness (QED) is 0.664. The van der Waals surface area contributed by atoms with Crippen LogP contribution >= 0.6 is 0 Å². The number of ketones is 1. The molecule has 0 saturated heterocycles. The molecule has 0 aliphatic carbocycles. The summed E-state index contributed by atoms with van der Waals surface area (Å²) in [6.45, 7) is 5.92. The molecule has 0 aliphatic rings. The second-order valence-electron chi connectivity index (χ2n) is 3.39. The number of nitrogens with zero attached hydrogens (tertiary/aromatic N) is 1. The van der Waals surface area contributed by atoms with Crippen LogP contribution in [-0.4, -0.2) is 10.8 Å². The van der Waals surface area contributed by atoms with Crippen molar-refractivity contribution in [1.29, 1.82) is 0 Å². The highest BCUT2D eigenvalue weighted by molar-refractivity contribution is 5.95. The maximum atomic E-state index is 11.7. The first kappa shape index (κ1) is 9.90. The monoisotopic (exact) mass is 177 g/mol. The lowest BCUT2D eigenvalue weighted by Gasteiger charge is -2.06. The zero-order valence-electron chi connectivity index (χ0n) is 8.37. The molecule has 1 unspecified atom stereocenters. The molecule has 1 rings (SSSR count). The van der Waals surface area contributed by atoms with Gasteiger partial charge in [-0.2, -0.15) is 0 Å². The molecule has 0 spiro atoms. The maximum absolute atomic E-state index is 11.7. The van der Waals surface area contributed by atoms with E-state index in [0.717, 1.165) is 12.0 Å². The van der Waals surface area contributed by atoms with Crippen LogP contribution in [0.15, 0.2) is 18.3 Å². The molecule has 0 N–H and O–H groups in total. The van der Waals surface area contributed by atoms with Crippen molar-refractivity contribution >= 4 is 5.78 Å². The number of pyridine rings is 1. The van der Waals surface area contributed by atoms with Crippen LogP contribution in [0.2, 0.25) is 0 Å². The molecular weight excluding hydrogens is 162 g/mol. The molecule has 0 radical (unpaired) electrons. The molecule has 1 heterocycles. The van der Waals surface area contributed by atoms with Crippen molar-refractivity contribution in [1.82, 2.24) is 4.98 Å². The number of hydrogen-bond donors (Lipinski definition) is 0. The van der Waals surface area contributed by atoms with Gasteiger partial charge in [-0.15, -0.1) is 0 Å². The summed E-state index contributed by atoms with van der Waals surface area (Å²) < 4.78 is 0. The van der Waals surface area contributed by atoms with E-state index in [0.29, 0.717) is 5.69 Å². The van der Waals surface area contributed by atoms with Gasteiger partial charge in [-0.25, -0.2) is 0 Å². The van der Waals surface area contributed by atoms with E-state index in [1.165, 1.54) is 0 Å². The minimum atomic E-state index is 0.0781. The average molecular weight is 177 g/mol. The second-order valence-corrected chi connectivity index (χ2v) is 3.39. The molecule has 0 amide bonds. The van der Waals surface area contributed by atoms with Crippen LogP contribution in [-0.2, 0) is 0 Å². The van der Waals surface area contributed by atoms with Crippen LogP contribution in [0.3, 0.4) is 0 Å². The molecule has 0 bridgehead atoms. The summed E-state index contributed by atoms with van der Waals surface area (Å²) in [5.74, 6) is 0.223. The highest BCUT2D eigenvalue weighted by Crippen LogP contribution is 2.10. The van der Waals surface area contributed by atoms with Crippen LogP contribution < -0.4 is 0 Å². The second kappa shape index (κ2) is 4.17. The molecule has 0 fully saturated rings. The fourth-order valence-electron chi connectivity index (χ4n) is 1.11. The highest BCUT2D eigenvalue weighted by atomic mass is 16.1. The van der Waals surface area contributed by atoms with Gasteiger partial charge >= 0.3 is 0 Å². The number of aromatic nitrogens is 1. The third-order valence-corrected chi connectivity index (χ3v) is 2.23. The highest BCUT2D eigenvalue weighted by Gasteiger charge is 2.13. The van der Waals surface area contributed by atoms with E-state index in [-0.39, 0.29) is 11.7 Å². The van der Waals surface area contributed by atoms with Crippen LogP contribution in [0, 0.1) is 12.8 Å². The molecule has 13 heavy (non-hydrogen) atoms. The normalized spacial score (nSPS) is 12.5. The van der Waals surface area contributed by atoms with Crippen LogP contribution in [0.1, 0.15) is 36.3 Å². The van der Waals surface area contributed by atoms with Crippen molar-refractivity contribution in [2.75, 3.05) is 0 Å². The third kappa shape index (κ3) is 2.38. The molecule has 1 atom stereocenters. The van der Waals surface area contributed by atoms with Gasteiger partial charge in [0.2, 0.25) is 0 Å². The smallest absolute Gasteiger partial charge is 0.183 e. The van der Waals surface area contributed by atoms with Crippen LogP contribution in [0.4, 0.5) is 0 Å². The lowest BCUT2D eigenvalue weighted by Crippen LogP contribution is -2.11. The van der Waals surface area contributed by atoms with E-state index < -0.39 is 0 Å². The van der Waals surface area contributed by atoms with Gasteiger partial charge in [-0.1, -0.05) is 13.8 Å². The van der Waals surface area contributed by atoms with E-state index in [1.807, 2.05) is 32.9 Å². The first-order valence-electron chi connectivity index (χ1n) is 4.62. The third-order valence-electron chi connectivity index (χ3n) is 2.23. The number of Topliss-reactive ketones (excluding diaryl/α,β-unsaturated/α-hetero) is 1. The lowest BCUT2D eigenvalue weighted by molar-refractivity contribution is 0.0922. The molecule has 1 aromatic rings. The summed E-state index contributed by atoms with van der Waals surface area (Å²) in [6.07, 6.45) is 2.55. The predicted octanol–water partition coefficient (Wildman–Crippen LogP) is 2.62. The zero-order valence-corrected chi connectivity index (χ0v) is 8.37. The van der Waals surface area contributed by atoms with Crippen molar-refractivity contribution in [3.63, 3.8) is 0 Å². The van der Waals surface area contributed by atoms with Crippen molar-refractivity contribution in [3.8, 4) is 0 Å². The topological polar surface area (TPSA) is 30.0 Å². The van der Waals surface area contributed by atoms with Gasteiger partial charge in [0, 0.05) is 12.1 Å². The summed E-state index contributed by atoms with van der Waals surface area (Å²) in [5.41, 5.74) is 1.68. The lowest BCUT2D eigenvalue weighted by atomic mass is 10.0. The Morgan fingerprint density at radius 1 is 1.62 bits per heavy atom. The van der Waals surface area contributed by atoms with Gasteiger partial charge in [0.25, 0.3) is 0 Å². The Morgan fingerprint density at radius 3 is 2.85 bits per heavy atom. The Balaban J connectivity index is 2.89. The van der Waals surface area contributed by atoms with Gasteiger partial charge in [-0.3, -0.25) is 9.78 Å². The number of aryl methyl sites for hydroxylation is 1. The molecule has 2 heteroatoms. The molecule has 0 aliphatic heterocycles. The SMILES string of the molecule is CCC(C)C(=O)c1cc(C)ccn1. The fourth-order valence-corrected chi connectivity index (χ4v) is 1.11. The van der Waals surface area contributed by atoms with Crippen molar-refractivity contribution in [3.05, 3.63) is 29.6 Å². The number of carbonyl (C=O) groups is 1. The average Bonchev–Trinajstić information content (AvgIpc) is 2.15. The molecule has 70 valence electrons. The van der Waals surface area contributed by atoms with Gasteiger partial charge < -0.3 is 0 Å². The number of carbonyl (C=O) groups excluding carboxylic acids is 1. The summed E-state index contributed by atoms with van der Waals surface area (Å²) >= 11 is 0. The molecule has 0 aromatic carbocycles.